The normalized spacial score (nSPS) is 22.5. The molecule has 0 aliphatic carbocycles. The number of piperidine rings is 1. The van der Waals surface area contributed by atoms with Gasteiger partial charge in [0.2, 0.25) is 5.91 Å². The molecule has 2 saturated heterocycles. The molecule has 0 spiro atoms. The van der Waals surface area contributed by atoms with Crippen molar-refractivity contribution in [1.29, 1.82) is 0 Å². The lowest BCUT2D eigenvalue weighted by atomic mass is 10.1. The van der Waals surface area contributed by atoms with Crippen LogP contribution in [-0.4, -0.2) is 74.1 Å². The number of piperazine rings is 1. The molecule has 1 amide bonds. The van der Waals surface area contributed by atoms with Crippen molar-refractivity contribution in [2.45, 2.75) is 38.8 Å². The number of rotatable bonds is 4. The van der Waals surface area contributed by atoms with Crippen LogP contribution in [0.5, 0.6) is 0 Å². The molecule has 0 saturated carbocycles. The Balaban J connectivity index is 1.53. The van der Waals surface area contributed by atoms with Crippen LogP contribution in [0.15, 0.2) is 24.3 Å². The highest BCUT2D eigenvalue weighted by atomic mass is 16.2. The van der Waals surface area contributed by atoms with E-state index in [9.17, 15) is 4.79 Å². The summed E-state index contributed by atoms with van der Waals surface area (Å²) in [5.74, 6) is 0.275. The molecule has 2 heterocycles. The third kappa shape index (κ3) is 4.53. The van der Waals surface area contributed by atoms with Gasteiger partial charge in [0, 0.05) is 37.4 Å². The molecule has 5 heteroatoms. The first kappa shape index (κ1) is 18.2. The minimum atomic E-state index is 0.254. The van der Waals surface area contributed by atoms with Crippen LogP contribution in [0.2, 0.25) is 0 Å². The Hall–Kier alpha value is -1.59. The van der Waals surface area contributed by atoms with Gasteiger partial charge >= 0.3 is 0 Å². The molecule has 0 radical (unpaired) electrons. The summed E-state index contributed by atoms with van der Waals surface area (Å²) in [6, 6.07) is 9.48. The molecule has 138 valence electrons. The van der Waals surface area contributed by atoms with Crippen molar-refractivity contribution in [1.82, 2.24) is 15.1 Å². The summed E-state index contributed by atoms with van der Waals surface area (Å²) >= 11 is 0. The molecule has 25 heavy (non-hydrogen) atoms. The van der Waals surface area contributed by atoms with E-state index in [1.54, 1.807) is 0 Å². The van der Waals surface area contributed by atoms with Gasteiger partial charge in [0.1, 0.15) is 0 Å². The number of hydrogen-bond donors (Lipinski definition) is 1. The first-order valence-corrected chi connectivity index (χ1v) is 9.56. The Bertz CT molecular complexity index is 568. The average Bonchev–Trinajstić information content (AvgIpc) is 2.62. The summed E-state index contributed by atoms with van der Waals surface area (Å²) in [5, 5.41) is 3.39. The van der Waals surface area contributed by atoms with E-state index >= 15 is 0 Å². The zero-order valence-electron chi connectivity index (χ0n) is 15.9. The molecule has 1 N–H and O–H groups in total. The van der Waals surface area contributed by atoms with E-state index in [4.69, 9.17) is 0 Å². The van der Waals surface area contributed by atoms with Crippen molar-refractivity contribution in [2.75, 3.05) is 51.2 Å². The van der Waals surface area contributed by atoms with Crippen LogP contribution >= 0.6 is 0 Å². The van der Waals surface area contributed by atoms with Gasteiger partial charge in [0.05, 0.1) is 6.54 Å². The molecular weight excluding hydrogens is 312 g/mol. The largest absolute Gasteiger partial charge is 0.368 e. The van der Waals surface area contributed by atoms with Crippen LogP contribution in [0.3, 0.4) is 0 Å². The number of nitrogens with one attached hydrogen (secondary N) is 1. The van der Waals surface area contributed by atoms with Gasteiger partial charge in [0.15, 0.2) is 0 Å². The molecule has 2 aliphatic heterocycles. The average molecular weight is 345 g/mol. The molecule has 1 atom stereocenters. The molecule has 2 fully saturated rings. The summed E-state index contributed by atoms with van der Waals surface area (Å²) < 4.78 is 0. The van der Waals surface area contributed by atoms with Gasteiger partial charge in [-0.05, 0) is 59.0 Å². The Labute approximate surface area is 152 Å². The first-order valence-electron chi connectivity index (χ1n) is 9.56. The number of likely N-dealkylation sites (N-methyl/N-ethyl adjacent to an activating group) is 1. The smallest absolute Gasteiger partial charge is 0.237 e. The molecule has 1 aromatic carbocycles. The maximum Gasteiger partial charge on any atom is 0.237 e. The number of carbonyl (C=O) groups is 1. The Kier molecular flexibility index (Phi) is 5.97. The minimum absolute atomic E-state index is 0.254. The fourth-order valence-electron chi connectivity index (χ4n) is 4.00. The molecule has 2 aliphatic rings. The predicted octanol–water partition coefficient (Wildman–Crippen LogP) is 1.72. The van der Waals surface area contributed by atoms with Crippen molar-refractivity contribution in [3.8, 4) is 0 Å². The second kappa shape index (κ2) is 8.19. The van der Waals surface area contributed by atoms with Crippen LogP contribution in [-0.2, 0) is 4.79 Å². The minimum Gasteiger partial charge on any atom is -0.368 e. The Morgan fingerprint density at radius 2 is 1.88 bits per heavy atom. The lowest BCUT2D eigenvalue weighted by molar-refractivity contribution is -0.135. The number of benzene rings is 1. The Morgan fingerprint density at radius 3 is 2.52 bits per heavy atom. The van der Waals surface area contributed by atoms with Gasteiger partial charge in [0.25, 0.3) is 0 Å². The second-order valence-electron chi connectivity index (χ2n) is 7.61. The van der Waals surface area contributed by atoms with Gasteiger partial charge in [-0.1, -0.05) is 17.7 Å². The standard InChI is InChI=1S/C20H32N4O/c1-16-4-6-19(7-5-16)23-12-13-24(17(2)14-23)20(25)15-22(3)18-8-10-21-11-9-18/h4-7,17-18,21H,8-15H2,1-3H3. The molecular formula is C20H32N4O. The third-order valence-electron chi connectivity index (χ3n) is 5.66. The van der Waals surface area contributed by atoms with E-state index in [1.165, 1.54) is 11.3 Å². The monoisotopic (exact) mass is 344 g/mol. The summed E-state index contributed by atoms with van der Waals surface area (Å²) in [4.78, 5) is 19.5. The fraction of sp³-hybridized carbons (Fsp3) is 0.650. The number of aryl methyl sites for hydroxylation is 1. The highest BCUT2D eigenvalue weighted by Gasteiger charge is 2.29. The van der Waals surface area contributed by atoms with Crippen LogP contribution in [0.1, 0.15) is 25.3 Å². The van der Waals surface area contributed by atoms with E-state index in [0.717, 1.165) is 45.6 Å². The van der Waals surface area contributed by atoms with Crippen molar-refractivity contribution in [2.24, 2.45) is 0 Å². The summed E-state index contributed by atoms with van der Waals surface area (Å²) in [6.07, 6.45) is 2.28. The van der Waals surface area contributed by atoms with Crippen molar-refractivity contribution < 1.29 is 4.79 Å². The highest BCUT2D eigenvalue weighted by Crippen LogP contribution is 2.20. The zero-order chi connectivity index (χ0) is 17.8. The third-order valence-corrected chi connectivity index (χ3v) is 5.66. The quantitative estimate of drug-likeness (QED) is 0.903. The van der Waals surface area contributed by atoms with Crippen molar-refractivity contribution in [3.05, 3.63) is 29.8 Å². The fourth-order valence-corrected chi connectivity index (χ4v) is 4.00. The first-order chi connectivity index (χ1) is 12.0. The summed E-state index contributed by atoms with van der Waals surface area (Å²) in [6.45, 7) is 9.59. The van der Waals surface area contributed by atoms with Gasteiger partial charge in [-0.25, -0.2) is 0 Å². The van der Waals surface area contributed by atoms with Gasteiger partial charge < -0.3 is 15.1 Å². The number of anilines is 1. The van der Waals surface area contributed by atoms with Gasteiger partial charge in [-0.15, -0.1) is 0 Å². The topological polar surface area (TPSA) is 38.8 Å². The van der Waals surface area contributed by atoms with Crippen LogP contribution in [0, 0.1) is 6.92 Å². The van der Waals surface area contributed by atoms with Gasteiger partial charge in [-0.3, -0.25) is 9.69 Å². The second-order valence-corrected chi connectivity index (χ2v) is 7.61. The molecule has 1 aromatic rings. The molecule has 0 bridgehead atoms. The zero-order valence-corrected chi connectivity index (χ0v) is 15.9. The number of nitrogens with zero attached hydrogens (tertiary/aromatic N) is 3. The number of carbonyl (C=O) groups excluding carboxylic acids is 1. The molecule has 5 nitrogen and oxygen atoms in total. The van der Waals surface area contributed by atoms with Crippen LogP contribution < -0.4 is 10.2 Å². The van der Waals surface area contributed by atoms with Crippen LogP contribution in [0.4, 0.5) is 5.69 Å². The van der Waals surface area contributed by atoms with Gasteiger partial charge in [-0.2, -0.15) is 0 Å². The van der Waals surface area contributed by atoms with Crippen molar-refractivity contribution >= 4 is 11.6 Å². The number of hydrogen-bond acceptors (Lipinski definition) is 4. The highest BCUT2D eigenvalue weighted by molar-refractivity contribution is 5.79. The van der Waals surface area contributed by atoms with Crippen molar-refractivity contribution in [3.63, 3.8) is 0 Å². The number of amides is 1. The SMILES string of the molecule is Cc1ccc(N2CCN(C(=O)CN(C)C3CCNCC3)C(C)C2)cc1. The molecule has 3 rings (SSSR count). The lowest BCUT2D eigenvalue weighted by Crippen LogP contribution is -2.56. The summed E-state index contributed by atoms with van der Waals surface area (Å²) in [5.41, 5.74) is 2.54. The molecule has 1 unspecified atom stereocenters. The lowest BCUT2D eigenvalue weighted by Gasteiger charge is -2.42. The van der Waals surface area contributed by atoms with Crippen LogP contribution in [0.25, 0.3) is 0 Å². The Morgan fingerprint density at radius 1 is 1.20 bits per heavy atom. The molecule has 0 aromatic heterocycles. The maximum absolute atomic E-state index is 12.8. The predicted molar refractivity (Wildman–Crippen MR) is 103 cm³/mol. The summed E-state index contributed by atoms with van der Waals surface area (Å²) in [7, 11) is 2.10. The van der Waals surface area contributed by atoms with E-state index in [1.807, 2.05) is 0 Å². The van der Waals surface area contributed by atoms with E-state index < -0.39 is 0 Å². The van der Waals surface area contributed by atoms with E-state index in [0.29, 0.717) is 12.6 Å². The van der Waals surface area contributed by atoms with E-state index in [2.05, 4.69) is 65.2 Å². The van der Waals surface area contributed by atoms with E-state index in [-0.39, 0.29) is 11.9 Å². The maximum atomic E-state index is 12.8.